The van der Waals surface area contributed by atoms with Crippen LogP contribution in [-0.4, -0.2) is 28.0 Å². The highest BCUT2D eigenvalue weighted by Crippen LogP contribution is 2.32. The van der Waals surface area contributed by atoms with Gasteiger partial charge in [-0.15, -0.1) is 0 Å². The lowest BCUT2D eigenvalue weighted by atomic mass is 10.1. The highest BCUT2D eigenvalue weighted by molar-refractivity contribution is 14.1. The molecule has 0 N–H and O–H groups in total. The van der Waals surface area contributed by atoms with Crippen LogP contribution < -0.4 is 0 Å². The standard InChI is InChI=1S/C13H18INO/c1-10(2)15-9-12(8-14)16-13(15)11-6-4-3-5-7-11/h3-7,10,12-13H,8-9H2,1-2H3/t12-,13+/m1/s1. The van der Waals surface area contributed by atoms with Crippen LogP contribution in [0.4, 0.5) is 0 Å². The molecule has 0 bridgehead atoms. The van der Waals surface area contributed by atoms with Gasteiger partial charge in [0.05, 0.1) is 6.10 Å². The third-order valence-corrected chi connectivity index (χ3v) is 3.94. The van der Waals surface area contributed by atoms with Crippen molar-refractivity contribution >= 4 is 22.6 Å². The molecule has 0 saturated carbocycles. The van der Waals surface area contributed by atoms with Crippen molar-refractivity contribution in [1.82, 2.24) is 4.90 Å². The Kier molecular flexibility index (Phi) is 4.21. The number of hydrogen-bond donors (Lipinski definition) is 0. The molecule has 1 heterocycles. The fraction of sp³-hybridized carbons (Fsp3) is 0.538. The Morgan fingerprint density at radius 1 is 1.38 bits per heavy atom. The molecule has 1 fully saturated rings. The van der Waals surface area contributed by atoms with Crippen molar-refractivity contribution in [2.45, 2.75) is 32.2 Å². The predicted molar refractivity (Wildman–Crippen MR) is 74.8 cm³/mol. The summed E-state index contributed by atoms with van der Waals surface area (Å²) >= 11 is 2.40. The molecule has 16 heavy (non-hydrogen) atoms. The van der Waals surface area contributed by atoms with E-state index >= 15 is 0 Å². The van der Waals surface area contributed by atoms with Crippen LogP contribution in [0.25, 0.3) is 0 Å². The summed E-state index contributed by atoms with van der Waals surface area (Å²) in [5.74, 6) is 0. The first kappa shape index (κ1) is 12.3. The predicted octanol–water partition coefficient (Wildman–Crippen LogP) is 3.23. The van der Waals surface area contributed by atoms with Crippen LogP contribution in [0.5, 0.6) is 0 Å². The molecule has 0 amide bonds. The number of halogens is 1. The van der Waals surface area contributed by atoms with Gasteiger partial charge in [-0.2, -0.15) is 0 Å². The first-order valence-corrected chi connectivity index (χ1v) is 7.27. The Morgan fingerprint density at radius 3 is 2.62 bits per heavy atom. The molecule has 3 heteroatoms. The smallest absolute Gasteiger partial charge is 0.137 e. The van der Waals surface area contributed by atoms with Gasteiger partial charge in [0.2, 0.25) is 0 Å². The highest BCUT2D eigenvalue weighted by atomic mass is 127. The lowest BCUT2D eigenvalue weighted by molar-refractivity contribution is -0.00395. The fourth-order valence-electron chi connectivity index (χ4n) is 2.09. The molecule has 2 atom stereocenters. The van der Waals surface area contributed by atoms with E-state index in [0.29, 0.717) is 12.1 Å². The summed E-state index contributed by atoms with van der Waals surface area (Å²) in [6.45, 7) is 5.50. The Balaban J connectivity index is 2.19. The highest BCUT2D eigenvalue weighted by Gasteiger charge is 2.34. The van der Waals surface area contributed by atoms with Gasteiger partial charge in [-0.25, -0.2) is 0 Å². The summed E-state index contributed by atoms with van der Waals surface area (Å²) < 4.78 is 7.15. The number of ether oxygens (including phenoxy) is 1. The number of benzene rings is 1. The zero-order chi connectivity index (χ0) is 11.5. The Bertz CT molecular complexity index is 328. The molecular formula is C13H18INO. The van der Waals surface area contributed by atoms with E-state index in [1.807, 2.05) is 6.07 Å². The van der Waals surface area contributed by atoms with E-state index in [-0.39, 0.29) is 6.23 Å². The molecule has 0 aromatic heterocycles. The molecule has 1 aliphatic rings. The van der Waals surface area contributed by atoms with Crippen LogP contribution in [-0.2, 0) is 4.74 Å². The number of nitrogens with zero attached hydrogens (tertiary/aromatic N) is 1. The van der Waals surface area contributed by atoms with Gasteiger partial charge in [0.25, 0.3) is 0 Å². The monoisotopic (exact) mass is 331 g/mol. The van der Waals surface area contributed by atoms with Crippen LogP contribution >= 0.6 is 22.6 Å². The Hall–Kier alpha value is -0.130. The second-order valence-electron chi connectivity index (χ2n) is 4.47. The van der Waals surface area contributed by atoms with E-state index in [4.69, 9.17) is 4.74 Å². The van der Waals surface area contributed by atoms with Crippen LogP contribution in [0, 0.1) is 0 Å². The van der Waals surface area contributed by atoms with E-state index < -0.39 is 0 Å². The Morgan fingerprint density at radius 2 is 2.06 bits per heavy atom. The van der Waals surface area contributed by atoms with E-state index in [9.17, 15) is 0 Å². The van der Waals surface area contributed by atoms with Gasteiger partial charge in [0, 0.05) is 17.0 Å². The molecule has 0 radical (unpaired) electrons. The van der Waals surface area contributed by atoms with Gasteiger partial charge >= 0.3 is 0 Å². The molecule has 2 nitrogen and oxygen atoms in total. The summed E-state index contributed by atoms with van der Waals surface area (Å²) in [6, 6.07) is 11.0. The first-order valence-electron chi connectivity index (χ1n) is 5.74. The molecule has 0 aliphatic carbocycles. The van der Waals surface area contributed by atoms with Crippen molar-refractivity contribution in [3.8, 4) is 0 Å². The van der Waals surface area contributed by atoms with Crippen molar-refractivity contribution in [3.05, 3.63) is 35.9 Å². The summed E-state index contributed by atoms with van der Waals surface area (Å²) in [5, 5.41) is 0. The Labute approximate surface area is 111 Å². The SMILES string of the molecule is CC(C)N1C[C@@H](CI)O[C@H]1c1ccccc1. The average molecular weight is 331 g/mol. The van der Waals surface area contributed by atoms with Crippen molar-refractivity contribution in [1.29, 1.82) is 0 Å². The van der Waals surface area contributed by atoms with E-state index in [2.05, 4.69) is 65.6 Å². The summed E-state index contributed by atoms with van der Waals surface area (Å²) in [5.41, 5.74) is 1.27. The van der Waals surface area contributed by atoms with Crippen molar-refractivity contribution in [2.75, 3.05) is 11.0 Å². The zero-order valence-corrected chi connectivity index (χ0v) is 11.9. The maximum absolute atomic E-state index is 6.09. The lowest BCUT2D eigenvalue weighted by Gasteiger charge is -2.26. The zero-order valence-electron chi connectivity index (χ0n) is 9.77. The number of alkyl halides is 1. The molecule has 2 rings (SSSR count). The number of rotatable bonds is 3. The third-order valence-electron chi connectivity index (χ3n) is 2.96. The second-order valence-corrected chi connectivity index (χ2v) is 5.35. The van der Waals surface area contributed by atoms with Gasteiger partial charge in [-0.3, -0.25) is 4.90 Å². The van der Waals surface area contributed by atoms with Gasteiger partial charge in [-0.1, -0.05) is 52.9 Å². The van der Waals surface area contributed by atoms with Crippen LogP contribution in [0.3, 0.4) is 0 Å². The summed E-state index contributed by atoms with van der Waals surface area (Å²) in [6.07, 6.45) is 0.508. The molecule has 1 aromatic rings. The van der Waals surface area contributed by atoms with E-state index in [0.717, 1.165) is 11.0 Å². The van der Waals surface area contributed by atoms with Gasteiger partial charge in [0.15, 0.2) is 0 Å². The quantitative estimate of drug-likeness (QED) is 0.623. The van der Waals surface area contributed by atoms with E-state index in [1.165, 1.54) is 5.56 Å². The maximum Gasteiger partial charge on any atom is 0.137 e. The second kappa shape index (κ2) is 5.47. The summed E-state index contributed by atoms with van der Waals surface area (Å²) in [7, 11) is 0. The minimum atomic E-state index is 0.140. The molecule has 88 valence electrons. The molecular weight excluding hydrogens is 313 g/mol. The first-order chi connectivity index (χ1) is 7.72. The van der Waals surface area contributed by atoms with Crippen molar-refractivity contribution in [3.63, 3.8) is 0 Å². The van der Waals surface area contributed by atoms with Crippen LogP contribution in [0.15, 0.2) is 30.3 Å². The van der Waals surface area contributed by atoms with Gasteiger partial charge in [0.1, 0.15) is 6.23 Å². The topological polar surface area (TPSA) is 12.5 Å². The van der Waals surface area contributed by atoms with Crippen LogP contribution in [0.1, 0.15) is 25.6 Å². The molecule has 1 saturated heterocycles. The van der Waals surface area contributed by atoms with Crippen molar-refractivity contribution < 1.29 is 4.74 Å². The number of hydrogen-bond acceptors (Lipinski definition) is 2. The molecule has 0 spiro atoms. The molecule has 0 unspecified atom stereocenters. The van der Waals surface area contributed by atoms with E-state index in [1.54, 1.807) is 0 Å². The average Bonchev–Trinajstić information content (AvgIpc) is 2.74. The maximum atomic E-state index is 6.09. The lowest BCUT2D eigenvalue weighted by Crippen LogP contribution is -2.31. The van der Waals surface area contributed by atoms with Gasteiger partial charge in [-0.05, 0) is 19.4 Å². The minimum absolute atomic E-state index is 0.140. The van der Waals surface area contributed by atoms with Gasteiger partial charge < -0.3 is 4.74 Å². The normalized spacial score (nSPS) is 26.5. The van der Waals surface area contributed by atoms with Crippen LogP contribution in [0.2, 0.25) is 0 Å². The largest absolute Gasteiger partial charge is 0.353 e. The summed E-state index contributed by atoms with van der Waals surface area (Å²) in [4.78, 5) is 2.43. The third kappa shape index (κ3) is 2.57. The minimum Gasteiger partial charge on any atom is -0.353 e. The molecule has 1 aromatic carbocycles. The van der Waals surface area contributed by atoms with Crippen molar-refractivity contribution in [2.24, 2.45) is 0 Å². The fourth-order valence-corrected chi connectivity index (χ4v) is 2.57. The molecule has 1 aliphatic heterocycles.